The van der Waals surface area contributed by atoms with Crippen molar-refractivity contribution in [2.45, 2.75) is 20.0 Å². The molecule has 0 aliphatic rings. The van der Waals surface area contributed by atoms with Crippen molar-refractivity contribution in [3.05, 3.63) is 53.6 Å². The van der Waals surface area contributed by atoms with Crippen LogP contribution in [0.1, 0.15) is 22.8 Å². The van der Waals surface area contributed by atoms with Gasteiger partial charge in [0.25, 0.3) is 5.91 Å². The molecule has 0 saturated carbocycles. The van der Waals surface area contributed by atoms with Crippen molar-refractivity contribution < 1.29 is 19.1 Å². The summed E-state index contributed by atoms with van der Waals surface area (Å²) in [7, 11) is 1.58. The van der Waals surface area contributed by atoms with Crippen LogP contribution in [0.2, 0.25) is 0 Å². The van der Waals surface area contributed by atoms with Crippen LogP contribution in [0, 0.1) is 6.92 Å². The van der Waals surface area contributed by atoms with Crippen molar-refractivity contribution in [3.63, 3.8) is 0 Å². The van der Waals surface area contributed by atoms with Crippen molar-refractivity contribution in [2.24, 2.45) is 5.73 Å². The van der Waals surface area contributed by atoms with Crippen molar-refractivity contribution in [3.8, 4) is 11.5 Å². The van der Waals surface area contributed by atoms with Crippen LogP contribution in [-0.4, -0.2) is 25.0 Å². The first-order chi connectivity index (χ1) is 11.4. The monoisotopic (exact) mass is 328 g/mol. The minimum Gasteiger partial charge on any atom is -0.497 e. The van der Waals surface area contributed by atoms with E-state index in [9.17, 15) is 9.59 Å². The summed E-state index contributed by atoms with van der Waals surface area (Å²) < 4.78 is 10.7. The maximum Gasteiger partial charge on any atom is 0.265 e. The third-order valence-corrected chi connectivity index (χ3v) is 3.60. The quantitative estimate of drug-likeness (QED) is 0.852. The zero-order chi connectivity index (χ0) is 17.7. The van der Waals surface area contributed by atoms with Crippen molar-refractivity contribution in [2.75, 3.05) is 12.4 Å². The van der Waals surface area contributed by atoms with Gasteiger partial charge in [-0.15, -0.1) is 0 Å². The fourth-order valence-electron chi connectivity index (χ4n) is 2.18. The molecule has 2 aromatic carbocycles. The molecule has 126 valence electrons. The number of ether oxygens (including phenoxy) is 2. The molecular formula is C18H20N2O4. The number of primary amides is 1. The number of nitrogens with one attached hydrogen (secondary N) is 1. The Balaban J connectivity index is 2.06. The molecule has 0 unspecified atom stereocenters. The number of nitrogens with two attached hydrogens (primary N) is 1. The summed E-state index contributed by atoms with van der Waals surface area (Å²) in [6.07, 6.45) is -0.713. The number of hydrogen-bond donors (Lipinski definition) is 2. The maximum absolute atomic E-state index is 12.3. The summed E-state index contributed by atoms with van der Waals surface area (Å²) in [4.78, 5) is 23.7. The Hall–Kier alpha value is -3.02. The topological polar surface area (TPSA) is 90.7 Å². The lowest BCUT2D eigenvalue weighted by molar-refractivity contribution is -0.122. The molecular weight excluding hydrogens is 308 g/mol. The van der Waals surface area contributed by atoms with Crippen LogP contribution in [-0.2, 0) is 4.79 Å². The maximum atomic E-state index is 12.3. The average Bonchev–Trinajstić information content (AvgIpc) is 2.57. The SMILES string of the molecule is COc1ccc(O[C@@H](C)C(=O)Nc2cccc(C(N)=O)c2C)cc1. The van der Waals surface area contributed by atoms with E-state index in [1.54, 1.807) is 63.4 Å². The number of methoxy groups -OCH3 is 1. The second-order valence-corrected chi connectivity index (χ2v) is 5.27. The first kappa shape index (κ1) is 17.3. The molecule has 0 aliphatic carbocycles. The molecule has 2 rings (SSSR count). The summed E-state index contributed by atoms with van der Waals surface area (Å²) in [6, 6.07) is 11.9. The molecule has 24 heavy (non-hydrogen) atoms. The summed E-state index contributed by atoms with van der Waals surface area (Å²) in [5.41, 5.74) is 6.83. The van der Waals surface area contributed by atoms with Gasteiger partial charge in [0.2, 0.25) is 5.91 Å². The molecule has 0 aliphatic heterocycles. The summed E-state index contributed by atoms with van der Waals surface area (Å²) in [5, 5.41) is 2.75. The van der Waals surface area contributed by atoms with Crippen LogP contribution in [0.25, 0.3) is 0 Å². The van der Waals surface area contributed by atoms with Crippen LogP contribution in [0.3, 0.4) is 0 Å². The predicted molar refractivity (Wildman–Crippen MR) is 91.4 cm³/mol. The standard InChI is InChI=1S/C18H20N2O4/c1-11-15(17(19)21)5-4-6-16(11)20-18(22)12(2)24-14-9-7-13(23-3)8-10-14/h4-10,12H,1-3H3,(H2,19,21)(H,20,22)/t12-/m0/s1. The van der Waals surface area contributed by atoms with Crippen LogP contribution < -0.4 is 20.5 Å². The summed E-state index contributed by atoms with van der Waals surface area (Å²) >= 11 is 0. The highest BCUT2D eigenvalue weighted by molar-refractivity contribution is 5.99. The highest BCUT2D eigenvalue weighted by Gasteiger charge is 2.17. The molecule has 0 saturated heterocycles. The fraction of sp³-hybridized carbons (Fsp3) is 0.222. The van der Waals surface area contributed by atoms with Crippen LogP contribution >= 0.6 is 0 Å². The van der Waals surface area contributed by atoms with Crippen LogP contribution in [0.15, 0.2) is 42.5 Å². The third kappa shape index (κ3) is 4.04. The average molecular weight is 328 g/mol. The number of carbonyl (C=O) groups is 2. The van der Waals surface area contributed by atoms with E-state index in [0.29, 0.717) is 28.3 Å². The van der Waals surface area contributed by atoms with Gasteiger partial charge in [0.1, 0.15) is 11.5 Å². The highest BCUT2D eigenvalue weighted by atomic mass is 16.5. The van der Waals surface area contributed by atoms with Gasteiger partial charge in [-0.1, -0.05) is 6.07 Å². The Labute approximate surface area is 140 Å². The lowest BCUT2D eigenvalue weighted by Gasteiger charge is -2.16. The van der Waals surface area contributed by atoms with Crippen LogP contribution in [0.4, 0.5) is 5.69 Å². The number of amides is 2. The van der Waals surface area contributed by atoms with Gasteiger partial charge < -0.3 is 20.5 Å². The van der Waals surface area contributed by atoms with Gasteiger partial charge in [-0.3, -0.25) is 9.59 Å². The molecule has 2 amide bonds. The molecule has 0 bridgehead atoms. The number of carbonyl (C=O) groups excluding carboxylic acids is 2. The van der Waals surface area contributed by atoms with Crippen molar-refractivity contribution in [1.82, 2.24) is 0 Å². The Morgan fingerprint density at radius 1 is 1.08 bits per heavy atom. The van der Waals surface area contributed by atoms with E-state index >= 15 is 0 Å². The number of benzene rings is 2. The minimum absolute atomic E-state index is 0.324. The molecule has 0 radical (unpaired) electrons. The van der Waals surface area contributed by atoms with Gasteiger partial charge in [-0.2, -0.15) is 0 Å². The Bertz CT molecular complexity index is 741. The van der Waals surface area contributed by atoms with E-state index < -0.39 is 12.0 Å². The normalized spacial score (nSPS) is 11.5. The number of anilines is 1. The number of rotatable bonds is 6. The molecule has 6 heteroatoms. The smallest absolute Gasteiger partial charge is 0.265 e. The third-order valence-electron chi connectivity index (χ3n) is 3.60. The molecule has 2 aromatic rings. The molecule has 0 aromatic heterocycles. The van der Waals surface area contributed by atoms with Gasteiger partial charge in [-0.25, -0.2) is 0 Å². The molecule has 0 spiro atoms. The second-order valence-electron chi connectivity index (χ2n) is 5.27. The van der Waals surface area contributed by atoms with Gasteiger partial charge >= 0.3 is 0 Å². The fourth-order valence-corrected chi connectivity index (χ4v) is 2.18. The zero-order valence-electron chi connectivity index (χ0n) is 13.8. The van der Waals surface area contributed by atoms with Gasteiger partial charge in [0, 0.05) is 11.3 Å². The zero-order valence-corrected chi connectivity index (χ0v) is 13.8. The van der Waals surface area contributed by atoms with E-state index in [0.717, 1.165) is 0 Å². The largest absolute Gasteiger partial charge is 0.497 e. The van der Waals surface area contributed by atoms with Crippen LogP contribution in [0.5, 0.6) is 11.5 Å². The second kappa shape index (κ2) is 7.50. The molecule has 0 fully saturated rings. The van der Waals surface area contributed by atoms with E-state index in [1.165, 1.54) is 0 Å². The van der Waals surface area contributed by atoms with E-state index in [4.69, 9.17) is 15.2 Å². The van der Waals surface area contributed by atoms with Gasteiger partial charge in [0.05, 0.1) is 7.11 Å². The lowest BCUT2D eigenvalue weighted by atomic mass is 10.1. The van der Waals surface area contributed by atoms with Crippen molar-refractivity contribution >= 4 is 17.5 Å². The summed E-state index contributed by atoms with van der Waals surface area (Å²) in [6.45, 7) is 3.37. The molecule has 3 N–H and O–H groups in total. The molecule has 0 heterocycles. The Morgan fingerprint density at radius 3 is 2.29 bits per heavy atom. The van der Waals surface area contributed by atoms with E-state index in [2.05, 4.69) is 5.32 Å². The number of hydrogen-bond acceptors (Lipinski definition) is 4. The Morgan fingerprint density at radius 2 is 1.71 bits per heavy atom. The Kier molecular flexibility index (Phi) is 5.42. The van der Waals surface area contributed by atoms with E-state index in [1.807, 2.05) is 0 Å². The van der Waals surface area contributed by atoms with Crippen molar-refractivity contribution in [1.29, 1.82) is 0 Å². The van der Waals surface area contributed by atoms with Gasteiger partial charge in [-0.05, 0) is 55.8 Å². The first-order valence-electron chi connectivity index (χ1n) is 7.43. The first-order valence-corrected chi connectivity index (χ1v) is 7.43. The molecule has 1 atom stereocenters. The molecule has 6 nitrogen and oxygen atoms in total. The lowest BCUT2D eigenvalue weighted by Crippen LogP contribution is -2.30. The van der Waals surface area contributed by atoms with E-state index in [-0.39, 0.29) is 5.91 Å². The predicted octanol–water partition coefficient (Wildman–Crippen LogP) is 2.51. The summed E-state index contributed by atoms with van der Waals surface area (Å²) in [5.74, 6) is 0.404. The minimum atomic E-state index is -0.713. The highest BCUT2D eigenvalue weighted by Crippen LogP contribution is 2.21. The van der Waals surface area contributed by atoms with Gasteiger partial charge in [0.15, 0.2) is 6.10 Å².